The first-order chi connectivity index (χ1) is 16.5. The highest BCUT2D eigenvalue weighted by Gasteiger charge is 2.37. The molecule has 4 aromatic heterocycles. The van der Waals surface area contributed by atoms with E-state index in [0.717, 1.165) is 29.3 Å². The number of nitrogens with two attached hydrogens (primary N) is 1. The van der Waals surface area contributed by atoms with Gasteiger partial charge in [0, 0.05) is 4.88 Å². The van der Waals surface area contributed by atoms with Crippen molar-refractivity contribution < 1.29 is 22.8 Å². The highest BCUT2D eigenvalue weighted by atomic mass is 79.9. The van der Waals surface area contributed by atoms with Crippen molar-refractivity contribution in [3.8, 4) is 10.6 Å². The number of rotatable bonds is 4. The molecule has 0 aliphatic heterocycles. The van der Waals surface area contributed by atoms with Crippen LogP contribution in [0.4, 0.5) is 18.2 Å². The maximum Gasteiger partial charge on any atom is 0.433 e. The monoisotopic (exact) mass is 583 g/mol. The predicted molar refractivity (Wildman–Crippen MR) is 131 cm³/mol. The third-order valence-electron chi connectivity index (χ3n) is 5.80. The van der Waals surface area contributed by atoms with Crippen LogP contribution in [0.15, 0.2) is 28.1 Å². The summed E-state index contributed by atoms with van der Waals surface area (Å²) in [6.07, 6.45) is -2.41. The van der Waals surface area contributed by atoms with Crippen molar-refractivity contribution in [3.05, 3.63) is 55.4 Å². The number of amides is 2. The molecule has 0 saturated carbocycles. The van der Waals surface area contributed by atoms with Crippen molar-refractivity contribution in [2.24, 2.45) is 11.7 Å². The second kappa shape index (κ2) is 8.71. The summed E-state index contributed by atoms with van der Waals surface area (Å²) in [5.41, 5.74) is 5.29. The maximum atomic E-state index is 13.9. The van der Waals surface area contributed by atoms with E-state index in [2.05, 4.69) is 38.3 Å². The van der Waals surface area contributed by atoms with Gasteiger partial charge in [-0.1, -0.05) is 13.0 Å². The van der Waals surface area contributed by atoms with E-state index < -0.39 is 23.7 Å². The van der Waals surface area contributed by atoms with Gasteiger partial charge in [-0.15, -0.1) is 22.7 Å². The number of alkyl halides is 3. The molecule has 7 nitrogen and oxygen atoms in total. The predicted octanol–water partition coefficient (Wildman–Crippen LogP) is 5.78. The number of carbonyl (C=O) groups is 2. The molecule has 1 atom stereocenters. The lowest BCUT2D eigenvalue weighted by Crippen LogP contribution is -2.20. The molecule has 0 bridgehead atoms. The Morgan fingerprint density at radius 3 is 2.77 bits per heavy atom. The van der Waals surface area contributed by atoms with Gasteiger partial charge in [0.25, 0.3) is 11.8 Å². The van der Waals surface area contributed by atoms with Crippen LogP contribution < -0.4 is 11.1 Å². The van der Waals surface area contributed by atoms with Gasteiger partial charge in [0.1, 0.15) is 5.00 Å². The second-order valence-electron chi connectivity index (χ2n) is 8.27. The molecule has 13 heteroatoms. The Kier molecular flexibility index (Phi) is 5.96. The van der Waals surface area contributed by atoms with Gasteiger partial charge in [-0.2, -0.15) is 18.3 Å². The van der Waals surface area contributed by atoms with Gasteiger partial charge in [-0.05, 0) is 64.2 Å². The number of nitrogens with zero attached hydrogens (tertiary/aromatic N) is 3. The van der Waals surface area contributed by atoms with Crippen molar-refractivity contribution in [3.63, 3.8) is 0 Å². The van der Waals surface area contributed by atoms with Crippen LogP contribution in [0.25, 0.3) is 16.2 Å². The molecule has 0 fully saturated rings. The quantitative estimate of drug-likeness (QED) is 0.318. The lowest BCUT2D eigenvalue weighted by atomic mass is 9.88. The van der Waals surface area contributed by atoms with E-state index in [9.17, 15) is 22.8 Å². The Hall–Kier alpha value is -2.77. The van der Waals surface area contributed by atoms with E-state index in [1.165, 1.54) is 22.7 Å². The van der Waals surface area contributed by atoms with Crippen molar-refractivity contribution in [1.82, 2.24) is 14.6 Å². The van der Waals surface area contributed by atoms with Crippen molar-refractivity contribution in [1.29, 1.82) is 0 Å². The number of thiophene rings is 2. The first-order valence-electron chi connectivity index (χ1n) is 10.5. The summed E-state index contributed by atoms with van der Waals surface area (Å²) in [6.45, 7) is 2.11. The molecule has 0 spiro atoms. The molecule has 0 saturated heterocycles. The summed E-state index contributed by atoms with van der Waals surface area (Å²) in [7, 11) is 0. The second-order valence-corrected chi connectivity index (χ2v) is 11.1. The van der Waals surface area contributed by atoms with Crippen molar-refractivity contribution in [2.45, 2.75) is 32.4 Å². The Bertz CT molecular complexity index is 1480. The average Bonchev–Trinajstić information content (AvgIpc) is 3.50. The maximum absolute atomic E-state index is 13.9. The minimum Gasteiger partial charge on any atom is -0.365 e. The van der Waals surface area contributed by atoms with E-state index in [0.29, 0.717) is 21.7 Å². The van der Waals surface area contributed by atoms with Gasteiger partial charge >= 0.3 is 6.18 Å². The summed E-state index contributed by atoms with van der Waals surface area (Å²) < 4.78 is 42.3. The first kappa shape index (κ1) is 23.9. The number of primary amides is 1. The number of fused-ring (bicyclic) bond motifs is 2. The first-order valence-corrected chi connectivity index (χ1v) is 13.0. The van der Waals surface area contributed by atoms with E-state index >= 15 is 0 Å². The van der Waals surface area contributed by atoms with Crippen LogP contribution in [-0.2, 0) is 19.0 Å². The largest absolute Gasteiger partial charge is 0.433 e. The summed E-state index contributed by atoms with van der Waals surface area (Å²) >= 11 is 5.72. The zero-order valence-corrected chi connectivity index (χ0v) is 21.3. The van der Waals surface area contributed by atoms with Crippen LogP contribution in [-0.4, -0.2) is 26.4 Å². The van der Waals surface area contributed by atoms with Crippen LogP contribution >= 0.6 is 38.6 Å². The topological polar surface area (TPSA) is 102 Å². The fourth-order valence-corrected chi connectivity index (χ4v) is 6.76. The Labute approximate surface area is 213 Å². The fraction of sp³-hybridized carbons (Fsp3) is 0.273. The van der Waals surface area contributed by atoms with Crippen LogP contribution in [0, 0.1) is 5.92 Å². The number of anilines is 1. The van der Waals surface area contributed by atoms with E-state index in [1.54, 1.807) is 17.5 Å². The molecule has 4 heterocycles. The molecular formula is C22H17BrF3N5O2S2. The van der Waals surface area contributed by atoms with Gasteiger partial charge < -0.3 is 11.1 Å². The molecule has 2 amide bonds. The normalized spacial score (nSPS) is 15.9. The summed E-state index contributed by atoms with van der Waals surface area (Å²) in [4.78, 5) is 31.2. The molecule has 5 rings (SSSR count). The zero-order valence-electron chi connectivity index (χ0n) is 18.1. The summed E-state index contributed by atoms with van der Waals surface area (Å²) in [6, 6.07) is 4.27. The third kappa shape index (κ3) is 4.25. The molecule has 4 aromatic rings. The highest BCUT2D eigenvalue weighted by molar-refractivity contribution is 9.10. The molecule has 1 aliphatic carbocycles. The van der Waals surface area contributed by atoms with Gasteiger partial charge in [0.15, 0.2) is 17.0 Å². The van der Waals surface area contributed by atoms with Crippen molar-refractivity contribution in [2.75, 3.05) is 5.32 Å². The van der Waals surface area contributed by atoms with Gasteiger partial charge in [0.05, 0.1) is 20.6 Å². The Morgan fingerprint density at radius 2 is 2.11 bits per heavy atom. The lowest BCUT2D eigenvalue weighted by molar-refractivity contribution is -0.142. The number of carbonyl (C=O) groups excluding carboxylic acids is 2. The molecule has 3 N–H and O–H groups in total. The molecule has 0 radical (unpaired) electrons. The molecule has 182 valence electrons. The average molecular weight is 584 g/mol. The van der Waals surface area contributed by atoms with Gasteiger partial charge in [0.2, 0.25) is 0 Å². The molecule has 0 aromatic carbocycles. The number of halogens is 4. The van der Waals surface area contributed by atoms with E-state index in [4.69, 9.17) is 5.73 Å². The number of hydrogen-bond acceptors (Lipinski definition) is 6. The Balaban J connectivity index is 1.59. The van der Waals surface area contributed by atoms with E-state index in [1.807, 2.05) is 0 Å². The fourth-order valence-electron chi connectivity index (χ4n) is 4.15. The zero-order chi connectivity index (χ0) is 25.1. The van der Waals surface area contributed by atoms with Crippen LogP contribution in [0.5, 0.6) is 0 Å². The standard InChI is InChI=1S/C22H17BrF3N5O2S2/c1-9-4-5-10-13(7-9)35-21(15(10)18(27)32)29-20(33)17-16(23)19-28-11(12-3-2-6-34-12)8-14(22(24,25)26)31(19)30-17/h2-3,6,8-9H,4-5,7H2,1H3,(H2,27,32)(H,29,33). The van der Waals surface area contributed by atoms with Gasteiger partial charge in [-0.3, -0.25) is 9.59 Å². The van der Waals surface area contributed by atoms with Crippen LogP contribution in [0.1, 0.15) is 50.3 Å². The molecule has 35 heavy (non-hydrogen) atoms. The van der Waals surface area contributed by atoms with E-state index in [-0.39, 0.29) is 32.1 Å². The van der Waals surface area contributed by atoms with Crippen molar-refractivity contribution >= 4 is 61.1 Å². The third-order valence-corrected chi connectivity index (χ3v) is 8.59. The minimum absolute atomic E-state index is 0.00877. The molecule has 1 aliphatic rings. The summed E-state index contributed by atoms with van der Waals surface area (Å²) in [5, 5.41) is 8.59. The lowest BCUT2D eigenvalue weighted by Gasteiger charge is -2.18. The summed E-state index contributed by atoms with van der Waals surface area (Å²) in [5.74, 6) is -1.01. The number of aromatic nitrogens is 3. The minimum atomic E-state index is -4.74. The number of hydrogen-bond donors (Lipinski definition) is 2. The molecule has 1 unspecified atom stereocenters. The smallest absolute Gasteiger partial charge is 0.365 e. The molecular weight excluding hydrogens is 567 g/mol. The Morgan fingerprint density at radius 1 is 1.34 bits per heavy atom. The SMILES string of the molecule is CC1CCc2c(sc(NC(=O)c3nn4c(C(F)(F)F)cc(-c5cccs5)nc4c3Br)c2C(N)=O)C1. The van der Waals surface area contributed by atoms with Gasteiger partial charge in [-0.25, -0.2) is 9.50 Å². The van der Waals surface area contributed by atoms with Crippen LogP contribution in [0.3, 0.4) is 0 Å². The number of nitrogens with one attached hydrogen (secondary N) is 1. The highest BCUT2D eigenvalue weighted by Crippen LogP contribution is 2.40. The van der Waals surface area contributed by atoms with Crippen LogP contribution in [0.2, 0.25) is 0 Å².